The fourth-order valence-corrected chi connectivity index (χ4v) is 11.4. The lowest BCUT2D eigenvalue weighted by molar-refractivity contribution is -0.204. The highest BCUT2D eigenvalue weighted by Crippen LogP contribution is 2.73. The maximum atomic E-state index is 14.1. The van der Waals surface area contributed by atoms with Crippen LogP contribution in [0.4, 0.5) is 10.5 Å². The molecular weight excluding hydrogens is 1120 g/mol. The lowest BCUT2D eigenvalue weighted by Crippen LogP contribution is -2.71. The zero-order valence-corrected chi connectivity index (χ0v) is 47.2. The smallest absolute Gasteiger partial charge is 0.326 e. The second-order valence-electron chi connectivity index (χ2n) is 21.9. The summed E-state index contributed by atoms with van der Waals surface area (Å²) in [5.41, 5.74) is 1.40. The summed E-state index contributed by atoms with van der Waals surface area (Å²) in [5.74, 6) is -7.74. The lowest BCUT2D eigenvalue weighted by atomic mass is 9.35. The van der Waals surface area contributed by atoms with Crippen molar-refractivity contribution in [3.05, 3.63) is 77.9 Å². The summed E-state index contributed by atoms with van der Waals surface area (Å²) in [6, 6.07) is 16.9. The molecule has 3 saturated carbocycles. The minimum absolute atomic E-state index is 0.0966. The van der Waals surface area contributed by atoms with Crippen molar-refractivity contribution in [1.82, 2.24) is 46.2 Å². The number of carbonyl (C=O) groups excluding carboxylic acids is 4. The fraction of sp³-hybridized carbons (Fsp3) is 0.518. The highest BCUT2D eigenvalue weighted by Gasteiger charge is 2.71. The zero-order chi connectivity index (χ0) is 61.0. The van der Waals surface area contributed by atoms with Crippen LogP contribution in [-0.2, 0) is 60.7 Å². The number of amides is 4. The third kappa shape index (κ3) is 20.4. The Hall–Kier alpha value is -8.05. The molecule has 4 fully saturated rings. The molecule has 1 unspecified atom stereocenters. The van der Waals surface area contributed by atoms with Gasteiger partial charge in [-0.15, -0.1) is 0 Å². The van der Waals surface area contributed by atoms with Gasteiger partial charge in [0.25, 0.3) is 6.47 Å². The number of aliphatic carboxylic acids is 6. The van der Waals surface area contributed by atoms with Gasteiger partial charge in [0.15, 0.2) is 11.3 Å². The van der Waals surface area contributed by atoms with Crippen LogP contribution in [0.15, 0.2) is 66.7 Å². The molecule has 0 radical (unpaired) electrons. The average Bonchev–Trinajstić information content (AvgIpc) is 0.801. The number of nitrogens with zero attached hydrogens (tertiary/aromatic N) is 4. The van der Waals surface area contributed by atoms with E-state index in [9.17, 15) is 73.5 Å². The largest absolute Gasteiger partial charge is 0.481 e. The van der Waals surface area contributed by atoms with Crippen molar-refractivity contribution in [2.24, 2.45) is 10.8 Å². The molecule has 28 heteroatoms. The van der Waals surface area contributed by atoms with Crippen LogP contribution >= 0.6 is 12.2 Å². The van der Waals surface area contributed by atoms with Crippen LogP contribution < -0.4 is 31.9 Å². The van der Waals surface area contributed by atoms with Gasteiger partial charge >= 0.3 is 41.8 Å². The van der Waals surface area contributed by atoms with Gasteiger partial charge in [0, 0.05) is 89.9 Å². The fourth-order valence-electron chi connectivity index (χ4n) is 11.2. The normalized spacial score (nSPS) is 20.5. The molecule has 456 valence electrons. The van der Waals surface area contributed by atoms with Gasteiger partial charge in [0.1, 0.15) is 12.1 Å². The topological polar surface area (TPSA) is 386 Å². The third-order valence-electron chi connectivity index (χ3n) is 15.3. The van der Waals surface area contributed by atoms with Gasteiger partial charge < -0.3 is 67.3 Å². The van der Waals surface area contributed by atoms with Gasteiger partial charge in [0.05, 0.1) is 31.6 Å². The molecule has 3 aromatic rings. The molecule has 1 aliphatic heterocycles. The van der Waals surface area contributed by atoms with Crippen molar-refractivity contribution in [2.45, 2.75) is 88.6 Å². The van der Waals surface area contributed by atoms with Crippen molar-refractivity contribution in [2.75, 3.05) is 90.4 Å². The molecule has 0 aromatic heterocycles. The standard InChI is InChI=1S/C56H74N10O17S/c67-35-83-44(62-53(82)61-42(51(79)80)14-15-45(68)69)7-3-4-16-57-50(78)43(25-37-8-11-38-5-1-2-6-39(38)23-37)60-52(81)56-31-55(32-56,33-56)34-58-54(84)59-40-12-9-36(10-13-40)24-41-26-65(29-48(74)75)20-19-63(27-46(70)71)17-18-64(28-47(72)73)21-22-66(41)30-49(76)77/h1-2,5-6,8-13,23,35,41-44H,3-4,7,14-22,24-34H2,(H,57,78)(H,60,81)(H,68,69)(H,70,71)(H,72,73)(H,74,75)(H,76,77)(H,79,80)(H2,58,59,84)(H2,61,62,82)/t41?,42-,43-,44+,55?,56?/m0/s1. The van der Waals surface area contributed by atoms with Crippen molar-refractivity contribution >= 4 is 93.9 Å². The van der Waals surface area contributed by atoms with Crippen LogP contribution in [0.3, 0.4) is 0 Å². The van der Waals surface area contributed by atoms with Crippen LogP contribution in [0.5, 0.6) is 0 Å². The number of carboxylic acids is 6. The molecule has 12 N–H and O–H groups in total. The van der Waals surface area contributed by atoms with Gasteiger partial charge in [-0.05, 0) is 96.6 Å². The van der Waals surface area contributed by atoms with Crippen LogP contribution in [0.25, 0.3) is 10.8 Å². The summed E-state index contributed by atoms with van der Waals surface area (Å²) in [6.07, 6.45) is 0.977. The predicted molar refractivity (Wildman–Crippen MR) is 306 cm³/mol. The van der Waals surface area contributed by atoms with E-state index < -0.39 is 90.5 Å². The molecule has 4 atom stereocenters. The number of unbranched alkanes of at least 4 members (excludes halogenated alkanes) is 1. The maximum absolute atomic E-state index is 14.1. The van der Waals surface area contributed by atoms with E-state index >= 15 is 0 Å². The molecule has 1 heterocycles. The molecule has 0 spiro atoms. The monoisotopic (exact) mass is 1190 g/mol. The highest BCUT2D eigenvalue weighted by atomic mass is 32.1. The first-order valence-corrected chi connectivity index (χ1v) is 28.0. The van der Waals surface area contributed by atoms with E-state index in [1.165, 1.54) is 0 Å². The van der Waals surface area contributed by atoms with Gasteiger partial charge in [-0.2, -0.15) is 0 Å². The molecule has 84 heavy (non-hydrogen) atoms. The number of carbonyl (C=O) groups is 10. The summed E-state index contributed by atoms with van der Waals surface area (Å²) in [5, 5.41) is 76.5. The minimum Gasteiger partial charge on any atom is -0.481 e. The van der Waals surface area contributed by atoms with Crippen molar-refractivity contribution in [1.29, 1.82) is 0 Å². The Labute approximate surface area is 489 Å². The number of hydrogen-bond acceptors (Lipinski definition) is 16. The molecule has 2 bridgehead atoms. The first-order chi connectivity index (χ1) is 40.0. The number of rotatable bonds is 31. The Kier molecular flexibility index (Phi) is 24.0. The number of nitrogens with one attached hydrogen (secondary N) is 6. The molecule has 7 rings (SSSR count). The van der Waals surface area contributed by atoms with E-state index in [4.69, 9.17) is 22.1 Å². The number of urea groups is 1. The Bertz CT molecular complexity index is 2840. The summed E-state index contributed by atoms with van der Waals surface area (Å²) in [6.45, 7) is 0.489. The van der Waals surface area contributed by atoms with E-state index in [-0.39, 0.29) is 109 Å². The lowest BCUT2D eigenvalue weighted by Gasteiger charge is -2.69. The van der Waals surface area contributed by atoms with Crippen LogP contribution in [0, 0.1) is 10.8 Å². The molecule has 1 saturated heterocycles. The van der Waals surface area contributed by atoms with Crippen LogP contribution in [0.1, 0.15) is 62.5 Å². The molecule has 27 nitrogen and oxygen atoms in total. The molecular formula is C56H74N10O17S. The second kappa shape index (κ2) is 31.0. The molecule has 3 aliphatic carbocycles. The first-order valence-electron chi connectivity index (χ1n) is 27.6. The second-order valence-corrected chi connectivity index (χ2v) is 22.3. The average molecular weight is 1190 g/mol. The molecule has 4 aliphatic rings. The number of fused-ring (bicyclic) bond motifs is 1. The van der Waals surface area contributed by atoms with E-state index in [0.29, 0.717) is 55.9 Å². The number of anilines is 1. The van der Waals surface area contributed by atoms with E-state index in [0.717, 1.165) is 21.9 Å². The Morgan fingerprint density at radius 1 is 0.643 bits per heavy atom. The quantitative estimate of drug-likeness (QED) is 0.0184. The Morgan fingerprint density at radius 2 is 1.24 bits per heavy atom. The Morgan fingerprint density at radius 3 is 1.85 bits per heavy atom. The van der Waals surface area contributed by atoms with Gasteiger partial charge in [-0.1, -0.05) is 54.6 Å². The van der Waals surface area contributed by atoms with Crippen molar-refractivity contribution < 1.29 is 83.3 Å². The third-order valence-corrected chi connectivity index (χ3v) is 15.6. The van der Waals surface area contributed by atoms with E-state index in [1.54, 1.807) is 31.7 Å². The number of carboxylic acid groups (broad SMARTS) is 6. The predicted octanol–water partition coefficient (Wildman–Crippen LogP) is 0.898. The van der Waals surface area contributed by atoms with Crippen molar-refractivity contribution in [3.63, 3.8) is 0 Å². The number of ether oxygens (including phenoxy) is 1. The van der Waals surface area contributed by atoms with Gasteiger partial charge in [-0.25, -0.2) is 9.59 Å². The van der Waals surface area contributed by atoms with E-state index in [2.05, 4.69) is 31.9 Å². The van der Waals surface area contributed by atoms with Crippen molar-refractivity contribution in [3.8, 4) is 0 Å². The Balaban J connectivity index is 1.01. The maximum Gasteiger partial charge on any atom is 0.326 e. The number of hydrogen-bond donors (Lipinski definition) is 12. The molecule has 4 amide bonds. The highest BCUT2D eigenvalue weighted by molar-refractivity contribution is 7.80. The summed E-state index contributed by atoms with van der Waals surface area (Å²) in [4.78, 5) is 128. The summed E-state index contributed by atoms with van der Waals surface area (Å²) < 4.78 is 4.95. The zero-order valence-electron chi connectivity index (χ0n) is 46.4. The van der Waals surface area contributed by atoms with Crippen LogP contribution in [-0.4, -0.2) is 225 Å². The summed E-state index contributed by atoms with van der Waals surface area (Å²) in [7, 11) is 0. The molecule has 3 aromatic carbocycles. The number of thiocarbonyl (C=S) groups is 1. The SMILES string of the molecule is O=CO[C@H](CCCCNC(=O)[C@H](Cc1ccc2ccccc2c1)NC(=O)C12CC(CNC(=S)Nc3ccc(CC4CN(CC(=O)O)CCN(CC(=O)O)CCN(CC(=O)O)CCN4CC(=O)O)cc3)(C1)C2)NC(=O)N[C@@H](CCC(=O)O)C(=O)O. The first kappa shape index (κ1) is 65.1. The number of benzene rings is 3. The van der Waals surface area contributed by atoms with Crippen LogP contribution in [0.2, 0.25) is 0 Å². The minimum atomic E-state index is -1.50. The summed E-state index contributed by atoms with van der Waals surface area (Å²) >= 11 is 5.67. The van der Waals surface area contributed by atoms with E-state index in [1.807, 2.05) is 54.6 Å². The van der Waals surface area contributed by atoms with Gasteiger partial charge in [-0.3, -0.25) is 58.0 Å². The van der Waals surface area contributed by atoms with Gasteiger partial charge in [0.2, 0.25) is 11.8 Å².